The van der Waals surface area contributed by atoms with Gasteiger partial charge in [0.15, 0.2) is 0 Å². The summed E-state index contributed by atoms with van der Waals surface area (Å²) in [7, 11) is 0. The average Bonchev–Trinajstić information content (AvgIpc) is 1.82. The van der Waals surface area contributed by atoms with Crippen LogP contribution in [-0.4, -0.2) is 28.5 Å². The average molecular weight is 188 g/mol. The molecule has 12 heavy (non-hydrogen) atoms. The molecule has 1 aliphatic rings. The lowest BCUT2D eigenvalue weighted by atomic mass is 10.0. The van der Waals surface area contributed by atoms with E-state index in [2.05, 4.69) is 26.1 Å². The van der Waals surface area contributed by atoms with Crippen molar-refractivity contribution in [2.24, 2.45) is 5.73 Å². The summed E-state index contributed by atoms with van der Waals surface area (Å²) in [5.41, 5.74) is 5.27. The van der Waals surface area contributed by atoms with Crippen LogP contribution in [0.2, 0.25) is 0 Å². The molecular formula is C8H16N2OS. The molecule has 2 atom stereocenters. The molecule has 0 bridgehead atoms. The number of primary amides is 1. The minimum atomic E-state index is -0.251. The zero-order chi connectivity index (χ0) is 9.35. The van der Waals surface area contributed by atoms with Crippen LogP contribution in [0.5, 0.6) is 0 Å². The van der Waals surface area contributed by atoms with Crippen molar-refractivity contribution in [1.29, 1.82) is 0 Å². The Morgan fingerprint density at radius 1 is 1.67 bits per heavy atom. The largest absolute Gasteiger partial charge is 0.368 e. The second-order valence-electron chi connectivity index (χ2n) is 3.78. The quantitative estimate of drug-likeness (QED) is 0.624. The van der Waals surface area contributed by atoms with Crippen LogP contribution in [0.15, 0.2) is 0 Å². The molecule has 1 fully saturated rings. The van der Waals surface area contributed by atoms with Gasteiger partial charge in [0.05, 0.1) is 0 Å². The Hall–Kier alpha value is -0.220. The fourth-order valence-electron chi connectivity index (χ4n) is 1.60. The van der Waals surface area contributed by atoms with Gasteiger partial charge >= 0.3 is 0 Å². The van der Waals surface area contributed by atoms with Gasteiger partial charge in [-0.05, 0) is 13.8 Å². The molecule has 1 amide bonds. The van der Waals surface area contributed by atoms with Crippen LogP contribution < -0.4 is 11.1 Å². The zero-order valence-electron chi connectivity index (χ0n) is 7.76. The minimum Gasteiger partial charge on any atom is -0.368 e. The van der Waals surface area contributed by atoms with Crippen molar-refractivity contribution in [2.45, 2.75) is 36.8 Å². The lowest BCUT2D eigenvalue weighted by Gasteiger charge is -2.39. The molecule has 0 aliphatic carbocycles. The van der Waals surface area contributed by atoms with E-state index in [9.17, 15) is 4.79 Å². The number of carbonyl (C=O) groups excluding carboxylic acids is 1. The molecule has 0 spiro atoms. The van der Waals surface area contributed by atoms with Gasteiger partial charge in [-0.3, -0.25) is 4.79 Å². The van der Waals surface area contributed by atoms with Gasteiger partial charge in [-0.1, -0.05) is 6.92 Å². The van der Waals surface area contributed by atoms with Gasteiger partial charge in [-0.25, -0.2) is 0 Å². The van der Waals surface area contributed by atoms with Gasteiger partial charge < -0.3 is 11.1 Å². The smallest absolute Gasteiger partial charge is 0.235 e. The van der Waals surface area contributed by atoms with Crippen LogP contribution in [0.25, 0.3) is 0 Å². The molecule has 1 saturated heterocycles. The maximum absolute atomic E-state index is 11.0. The Morgan fingerprint density at radius 2 is 2.25 bits per heavy atom. The molecule has 0 aromatic heterocycles. The number of nitrogens with two attached hydrogens (primary N) is 1. The maximum atomic E-state index is 11.0. The van der Waals surface area contributed by atoms with E-state index < -0.39 is 0 Å². The molecule has 1 rings (SSSR count). The Balaban J connectivity index is 2.70. The first-order valence-electron chi connectivity index (χ1n) is 4.14. The molecule has 2 unspecified atom stereocenters. The molecule has 3 N–H and O–H groups in total. The summed E-state index contributed by atoms with van der Waals surface area (Å²) in [6, 6.07) is -0.196. The van der Waals surface area contributed by atoms with Crippen LogP contribution in [-0.2, 0) is 4.79 Å². The Bertz CT molecular complexity index is 193. The summed E-state index contributed by atoms with van der Waals surface area (Å²) in [4.78, 5) is 11.0. The first-order valence-corrected chi connectivity index (χ1v) is 5.02. The second-order valence-corrected chi connectivity index (χ2v) is 5.87. The molecule has 1 heterocycles. The predicted molar refractivity (Wildman–Crippen MR) is 52.1 cm³/mol. The highest BCUT2D eigenvalue weighted by Crippen LogP contribution is 2.34. The fraction of sp³-hybridized carbons (Fsp3) is 0.875. The number of rotatable bonds is 1. The van der Waals surface area contributed by atoms with Gasteiger partial charge in [0, 0.05) is 16.5 Å². The SMILES string of the molecule is CC1CNC(C(N)=O)C(C)(C)S1. The van der Waals surface area contributed by atoms with E-state index in [4.69, 9.17) is 5.73 Å². The van der Waals surface area contributed by atoms with Crippen molar-refractivity contribution in [3.05, 3.63) is 0 Å². The molecule has 0 aromatic carbocycles. The van der Waals surface area contributed by atoms with Gasteiger partial charge in [0.2, 0.25) is 5.91 Å². The maximum Gasteiger partial charge on any atom is 0.235 e. The third kappa shape index (κ3) is 1.93. The van der Waals surface area contributed by atoms with Crippen LogP contribution >= 0.6 is 11.8 Å². The molecule has 70 valence electrons. The lowest BCUT2D eigenvalue weighted by Crippen LogP contribution is -2.58. The van der Waals surface area contributed by atoms with Crippen LogP contribution in [0.4, 0.5) is 0 Å². The van der Waals surface area contributed by atoms with Gasteiger partial charge in [-0.2, -0.15) is 0 Å². The first kappa shape index (κ1) is 9.86. The van der Waals surface area contributed by atoms with Gasteiger partial charge in [-0.15, -0.1) is 11.8 Å². The van der Waals surface area contributed by atoms with Crippen molar-refractivity contribution in [3.8, 4) is 0 Å². The number of nitrogens with one attached hydrogen (secondary N) is 1. The molecular weight excluding hydrogens is 172 g/mol. The van der Waals surface area contributed by atoms with Crippen molar-refractivity contribution >= 4 is 17.7 Å². The van der Waals surface area contributed by atoms with E-state index in [0.717, 1.165) is 6.54 Å². The van der Waals surface area contributed by atoms with Gasteiger partial charge in [0.1, 0.15) is 6.04 Å². The number of thioether (sulfide) groups is 1. The second kappa shape index (κ2) is 3.26. The van der Waals surface area contributed by atoms with Crippen LogP contribution in [0, 0.1) is 0 Å². The number of amides is 1. The van der Waals surface area contributed by atoms with Crippen molar-refractivity contribution in [1.82, 2.24) is 5.32 Å². The molecule has 4 heteroatoms. The Kier molecular flexibility index (Phi) is 2.68. The summed E-state index contributed by atoms with van der Waals surface area (Å²) in [5.74, 6) is -0.251. The van der Waals surface area contributed by atoms with Crippen molar-refractivity contribution in [3.63, 3.8) is 0 Å². The molecule has 3 nitrogen and oxygen atoms in total. The third-order valence-electron chi connectivity index (χ3n) is 2.09. The fourth-order valence-corrected chi connectivity index (χ4v) is 3.15. The van der Waals surface area contributed by atoms with E-state index in [1.54, 1.807) is 0 Å². The first-order chi connectivity index (χ1) is 5.43. The molecule has 0 saturated carbocycles. The standard InChI is InChI=1S/C8H16N2OS/c1-5-4-10-6(7(9)11)8(2,3)12-5/h5-6,10H,4H2,1-3H3,(H2,9,11). The van der Waals surface area contributed by atoms with E-state index >= 15 is 0 Å². The molecule has 1 aliphatic heterocycles. The molecule has 0 aromatic rings. The Morgan fingerprint density at radius 3 is 2.67 bits per heavy atom. The minimum absolute atomic E-state index is 0.0799. The zero-order valence-corrected chi connectivity index (χ0v) is 8.57. The topological polar surface area (TPSA) is 55.1 Å². The highest BCUT2D eigenvalue weighted by Gasteiger charge is 2.38. The number of carbonyl (C=O) groups is 1. The van der Waals surface area contributed by atoms with E-state index in [0.29, 0.717) is 5.25 Å². The highest BCUT2D eigenvalue weighted by atomic mass is 32.2. The summed E-state index contributed by atoms with van der Waals surface area (Å²) in [5, 5.41) is 3.71. The summed E-state index contributed by atoms with van der Waals surface area (Å²) in [6.07, 6.45) is 0. The van der Waals surface area contributed by atoms with E-state index in [1.165, 1.54) is 0 Å². The van der Waals surface area contributed by atoms with Crippen LogP contribution in [0.3, 0.4) is 0 Å². The lowest BCUT2D eigenvalue weighted by molar-refractivity contribution is -0.120. The Labute approximate surface area is 77.5 Å². The van der Waals surface area contributed by atoms with Crippen molar-refractivity contribution in [2.75, 3.05) is 6.54 Å². The normalized spacial score (nSPS) is 34.6. The number of hydrogen-bond donors (Lipinski definition) is 2. The summed E-state index contributed by atoms with van der Waals surface area (Å²) < 4.78 is -0.0799. The van der Waals surface area contributed by atoms with Crippen molar-refractivity contribution < 1.29 is 4.79 Å². The number of hydrogen-bond acceptors (Lipinski definition) is 3. The molecule has 0 radical (unpaired) electrons. The van der Waals surface area contributed by atoms with Crippen LogP contribution in [0.1, 0.15) is 20.8 Å². The summed E-state index contributed by atoms with van der Waals surface area (Å²) in [6.45, 7) is 7.11. The third-order valence-corrected chi connectivity index (χ3v) is 3.51. The predicted octanol–water partition coefficient (Wildman–Crippen LogP) is 0.344. The van der Waals surface area contributed by atoms with Gasteiger partial charge in [0.25, 0.3) is 0 Å². The monoisotopic (exact) mass is 188 g/mol. The highest BCUT2D eigenvalue weighted by molar-refractivity contribution is 8.01. The summed E-state index contributed by atoms with van der Waals surface area (Å²) >= 11 is 1.82. The van der Waals surface area contributed by atoms with E-state index in [-0.39, 0.29) is 16.7 Å². The van der Waals surface area contributed by atoms with E-state index in [1.807, 2.05) is 11.8 Å².